The Morgan fingerprint density at radius 1 is 1.05 bits per heavy atom. The summed E-state index contributed by atoms with van der Waals surface area (Å²) in [5.74, 6) is 0.776. The molecule has 4 nitrogen and oxygen atoms in total. The highest BCUT2D eigenvalue weighted by Gasteiger charge is 2.18. The molecule has 1 aliphatic rings. The summed E-state index contributed by atoms with van der Waals surface area (Å²) in [7, 11) is 0. The van der Waals surface area contributed by atoms with Crippen LogP contribution in [0.15, 0.2) is 42.7 Å². The van der Waals surface area contributed by atoms with Crippen molar-refractivity contribution in [2.45, 2.75) is 13.0 Å². The van der Waals surface area contributed by atoms with Crippen molar-refractivity contribution >= 4 is 0 Å². The largest absolute Gasteiger partial charge is 0.379 e. The second-order valence-corrected chi connectivity index (χ2v) is 5.02. The predicted octanol–water partition coefficient (Wildman–Crippen LogP) is 2.54. The van der Waals surface area contributed by atoms with Gasteiger partial charge in [0.05, 0.1) is 13.2 Å². The van der Waals surface area contributed by atoms with E-state index in [0.717, 1.165) is 37.7 Å². The third-order valence-electron chi connectivity index (χ3n) is 3.81. The molecule has 20 heavy (non-hydrogen) atoms. The molecule has 0 spiro atoms. The second-order valence-electron chi connectivity index (χ2n) is 5.02. The molecular formula is C16H19N3O. The summed E-state index contributed by atoms with van der Waals surface area (Å²) in [6.07, 6.45) is 3.54. The van der Waals surface area contributed by atoms with E-state index in [-0.39, 0.29) is 0 Å². The van der Waals surface area contributed by atoms with E-state index >= 15 is 0 Å². The first kappa shape index (κ1) is 13.2. The number of morpholine rings is 1. The number of hydrogen-bond acceptors (Lipinski definition) is 4. The number of ether oxygens (including phenoxy) is 1. The van der Waals surface area contributed by atoms with E-state index in [2.05, 4.69) is 46.1 Å². The van der Waals surface area contributed by atoms with Crippen LogP contribution in [0.2, 0.25) is 0 Å². The number of hydrogen-bond donors (Lipinski definition) is 0. The summed E-state index contributed by atoms with van der Waals surface area (Å²) in [6.45, 7) is 5.93. The molecule has 0 aliphatic carbocycles. The topological polar surface area (TPSA) is 38.2 Å². The van der Waals surface area contributed by atoms with Gasteiger partial charge in [0.15, 0.2) is 5.82 Å². The molecule has 104 valence electrons. The van der Waals surface area contributed by atoms with E-state index in [0.29, 0.717) is 6.04 Å². The molecule has 1 saturated heterocycles. The van der Waals surface area contributed by atoms with Gasteiger partial charge in [-0.1, -0.05) is 24.3 Å². The first-order valence-electron chi connectivity index (χ1n) is 7.04. The minimum Gasteiger partial charge on any atom is -0.379 e. The Balaban J connectivity index is 1.75. The van der Waals surface area contributed by atoms with Gasteiger partial charge in [0.2, 0.25) is 0 Å². The van der Waals surface area contributed by atoms with Gasteiger partial charge in [0, 0.05) is 37.1 Å². The summed E-state index contributed by atoms with van der Waals surface area (Å²) < 4.78 is 5.40. The predicted molar refractivity (Wildman–Crippen MR) is 78.3 cm³/mol. The van der Waals surface area contributed by atoms with Crippen LogP contribution in [0.4, 0.5) is 0 Å². The van der Waals surface area contributed by atoms with Crippen LogP contribution in [-0.4, -0.2) is 41.2 Å². The Morgan fingerprint density at radius 2 is 1.70 bits per heavy atom. The highest BCUT2D eigenvalue weighted by Crippen LogP contribution is 2.23. The molecule has 0 radical (unpaired) electrons. The molecule has 2 heterocycles. The van der Waals surface area contributed by atoms with E-state index in [1.165, 1.54) is 5.56 Å². The molecule has 0 saturated carbocycles. The van der Waals surface area contributed by atoms with Crippen LogP contribution in [0.1, 0.15) is 18.5 Å². The average molecular weight is 269 g/mol. The summed E-state index contributed by atoms with van der Waals surface area (Å²) >= 11 is 0. The smallest absolute Gasteiger partial charge is 0.159 e. The van der Waals surface area contributed by atoms with Gasteiger partial charge < -0.3 is 4.74 Å². The Labute approximate surface area is 119 Å². The quantitative estimate of drug-likeness (QED) is 0.858. The molecule has 0 N–H and O–H groups in total. The fourth-order valence-corrected chi connectivity index (χ4v) is 2.53. The van der Waals surface area contributed by atoms with Gasteiger partial charge in [0.25, 0.3) is 0 Å². The first-order chi connectivity index (χ1) is 9.84. The van der Waals surface area contributed by atoms with Crippen molar-refractivity contribution in [2.75, 3.05) is 26.3 Å². The van der Waals surface area contributed by atoms with Gasteiger partial charge in [0.1, 0.15) is 0 Å². The first-order valence-corrected chi connectivity index (χ1v) is 7.04. The van der Waals surface area contributed by atoms with Gasteiger partial charge in [-0.05, 0) is 18.6 Å². The lowest BCUT2D eigenvalue weighted by molar-refractivity contribution is 0.0198. The lowest BCUT2D eigenvalue weighted by atomic mass is 10.0. The monoisotopic (exact) mass is 269 g/mol. The summed E-state index contributed by atoms with van der Waals surface area (Å²) in [6, 6.07) is 10.8. The van der Waals surface area contributed by atoms with Crippen molar-refractivity contribution in [3.63, 3.8) is 0 Å². The van der Waals surface area contributed by atoms with Crippen molar-refractivity contribution in [1.29, 1.82) is 0 Å². The molecule has 0 bridgehead atoms. The number of nitrogens with zero attached hydrogens (tertiary/aromatic N) is 3. The van der Waals surface area contributed by atoms with Crippen LogP contribution < -0.4 is 0 Å². The van der Waals surface area contributed by atoms with Crippen molar-refractivity contribution in [2.24, 2.45) is 0 Å². The molecule has 0 amide bonds. The van der Waals surface area contributed by atoms with Crippen LogP contribution >= 0.6 is 0 Å². The minimum atomic E-state index is 0.421. The van der Waals surface area contributed by atoms with E-state index in [1.54, 1.807) is 12.4 Å². The molecule has 0 unspecified atom stereocenters. The lowest BCUT2D eigenvalue weighted by Crippen LogP contribution is -2.37. The Bertz CT molecular complexity index is 535. The highest BCUT2D eigenvalue weighted by atomic mass is 16.5. The molecule has 1 fully saturated rings. The summed E-state index contributed by atoms with van der Waals surface area (Å²) in [5, 5.41) is 0. The zero-order valence-corrected chi connectivity index (χ0v) is 11.7. The van der Waals surface area contributed by atoms with Crippen molar-refractivity contribution < 1.29 is 4.74 Å². The standard InChI is InChI=1S/C16H19N3O/c1-13(19-9-11-20-12-10-19)14-3-5-15(6-4-14)16-17-7-2-8-18-16/h2-8,13H,9-12H2,1H3/t13-/m0/s1. The fraction of sp³-hybridized carbons (Fsp3) is 0.375. The van der Waals surface area contributed by atoms with Gasteiger partial charge in [-0.25, -0.2) is 9.97 Å². The van der Waals surface area contributed by atoms with E-state index in [9.17, 15) is 0 Å². The molecule has 3 rings (SSSR count). The molecular weight excluding hydrogens is 250 g/mol. The number of benzene rings is 1. The highest BCUT2D eigenvalue weighted by molar-refractivity contribution is 5.54. The maximum atomic E-state index is 5.40. The number of aromatic nitrogens is 2. The van der Waals surface area contributed by atoms with Crippen molar-refractivity contribution in [3.05, 3.63) is 48.3 Å². The van der Waals surface area contributed by atoms with E-state index in [1.807, 2.05) is 6.07 Å². The molecule has 4 heteroatoms. The Morgan fingerprint density at radius 3 is 2.35 bits per heavy atom. The molecule has 1 aromatic heterocycles. The maximum absolute atomic E-state index is 5.40. The molecule has 1 atom stereocenters. The third kappa shape index (κ3) is 2.86. The molecule has 1 aliphatic heterocycles. The number of rotatable bonds is 3. The third-order valence-corrected chi connectivity index (χ3v) is 3.81. The Hall–Kier alpha value is -1.78. The Kier molecular flexibility index (Phi) is 4.04. The minimum absolute atomic E-state index is 0.421. The van der Waals surface area contributed by atoms with Crippen LogP contribution in [0.3, 0.4) is 0 Å². The van der Waals surface area contributed by atoms with Gasteiger partial charge in [-0.2, -0.15) is 0 Å². The van der Waals surface area contributed by atoms with Crippen molar-refractivity contribution in [3.8, 4) is 11.4 Å². The average Bonchev–Trinajstić information content (AvgIpc) is 2.56. The van der Waals surface area contributed by atoms with Crippen LogP contribution in [0, 0.1) is 0 Å². The van der Waals surface area contributed by atoms with E-state index in [4.69, 9.17) is 4.74 Å². The fourth-order valence-electron chi connectivity index (χ4n) is 2.53. The summed E-state index contributed by atoms with van der Waals surface area (Å²) in [4.78, 5) is 11.0. The van der Waals surface area contributed by atoms with Gasteiger partial charge in [-0.15, -0.1) is 0 Å². The van der Waals surface area contributed by atoms with Gasteiger partial charge >= 0.3 is 0 Å². The van der Waals surface area contributed by atoms with Crippen molar-refractivity contribution in [1.82, 2.24) is 14.9 Å². The SMILES string of the molecule is C[C@@H](c1ccc(-c2ncccn2)cc1)N1CCOCC1. The van der Waals surface area contributed by atoms with Crippen LogP contribution in [0.25, 0.3) is 11.4 Å². The van der Waals surface area contributed by atoms with E-state index < -0.39 is 0 Å². The molecule has 2 aromatic rings. The van der Waals surface area contributed by atoms with Crippen LogP contribution in [0.5, 0.6) is 0 Å². The van der Waals surface area contributed by atoms with Gasteiger partial charge in [-0.3, -0.25) is 4.90 Å². The lowest BCUT2D eigenvalue weighted by Gasteiger charge is -2.32. The summed E-state index contributed by atoms with van der Waals surface area (Å²) in [5.41, 5.74) is 2.38. The normalized spacial score (nSPS) is 17.9. The zero-order chi connectivity index (χ0) is 13.8. The maximum Gasteiger partial charge on any atom is 0.159 e. The molecule has 1 aromatic carbocycles. The zero-order valence-electron chi connectivity index (χ0n) is 11.7. The van der Waals surface area contributed by atoms with Crippen LogP contribution in [-0.2, 0) is 4.74 Å². The second kappa shape index (κ2) is 6.11.